The van der Waals surface area contributed by atoms with Crippen LogP contribution in [0, 0.1) is 0 Å². The Morgan fingerprint density at radius 2 is 2.22 bits per heavy atom. The zero-order valence-electron chi connectivity index (χ0n) is 10.2. The third-order valence-corrected chi connectivity index (χ3v) is 3.29. The van der Waals surface area contributed by atoms with Crippen molar-refractivity contribution < 1.29 is 9.84 Å². The highest BCUT2D eigenvalue weighted by atomic mass is 79.9. The van der Waals surface area contributed by atoms with E-state index in [0.29, 0.717) is 13.1 Å². The number of hydrogen-bond acceptors (Lipinski definition) is 5. The highest BCUT2D eigenvalue weighted by Crippen LogP contribution is 2.10. The molecule has 1 atom stereocenters. The number of anilines is 1. The number of pyridine rings is 1. The van der Waals surface area contributed by atoms with E-state index in [2.05, 4.69) is 31.1 Å². The fourth-order valence-corrected chi connectivity index (χ4v) is 2.08. The van der Waals surface area contributed by atoms with Crippen molar-refractivity contribution in [2.45, 2.75) is 6.10 Å². The van der Waals surface area contributed by atoms with Crippen LogP contribution in [0.25, 0.3) is 0 Å². The second-order valence-electron chi connectivity index (χ2n) is 4.31. The molecule has 1 aromatic rings. The van der Waals surface area contributed by atoms with E-state index in [1.807, 2.05) is 12.1 Å². The molecule has 2 N–H and O–H groups in total. The van der Waals surface area contributed by atoms with Crippen LogP contribution in [-0.2, 0) is 4.74 Å². The maximum Gasteiger partial charge on any atom is 0.126 e. The van der Waals surface area contributed by atoms with E-state index in [4.69, 9.17) is 4.74 Å². The molecule has 1 unspecified atom stereocenters. The second kappa shape index (κ2) is 7.04. The molecule has 1 aliphatic heterocycles. The van der Waals surface area contributed by atoms with Crippen molar-refractivity contribution in [1.82, 2.24) is 9.88 Å². The van der Waals surface area contributed by atoms with Gasteiger partial charge in [0.15, 0.2) is 0 Å². The molecule has 0 aliphatic carbocycles. The first-order chi connectivity index (χ1) is 8.74. The van der Waals surface area contributed by atoms with Crippen molar-refractivity contribution in [3.63, 3.8) is 0 Å². The van der Waals surface area contributed by atoms with Gasteiger partial charge in [0.1, 0.15) is 5.82 Å². The molecule has 0 amide bonds. The number of ether oxygens (including phenoxy) is 1. The number of morpholine rings is 1. The Morgan fingerprint density at radius 1 is 1.44 bits per heavy atom. The molecule has 1 aliphatic rings. The van der Waals surface area contributed by atoms with Gasteiger partial charge in [0.25, 0.3) is 0 Å². The number of hydrogen-bond donors (Lipinski definition) is 2. The lowest BCUT2D eigenvalue weighted by Crippen LogP contribution is -2.42. The van der Waals surface area contributed by atoms with Crippen LogP contribution in [0.2, 0.25) is 0 Å². The number of aliphatic hydroxyl groups is 1. The molecule has 6 heteroatoms. The molecular formula is C12H18BrN3O2. The molecule has 18 heavy (non-hydrogen) atoms. The first-order valence-electron chi connectivity index (χ1n) is 6.07. The first-order valence-corrected chi connectivity index (χ1v) is 6.87. The number of nitrogens with zero attached hydrogens (tertiary/aromatic N) is 2. The van der Waals surface area contributed by atoms with Crippen molar-refractivity contribution in [1.29, 1.82) is 0 Å². The average molecular weight is 316 g/mol. The van der Waals surface area contributed by atoms with E-state index >= 15 is 0 Å². The minimum Gasteiger partial charge on any atom is -0.390 e. The summed E-state index contributed by atoms with van der Waals surface area (Å²) in [5.41, 5.74) is 0. The van der Waals surface area contributed by atoms with Gasteiger partial charge in [0.05, 0.1) is 19.3 Å². The lowest BCUT2D eigenvalue weighted by molar-refractivity contribution is 0.0171. The largest absolute Gasteiger partial charge is 0.390 e. The Hall–Kier alpha value is -0.690. The van der Waals surface area contributed by atoms with Gasteiger partial charge in [-0.05, 0) is 28.1 Å². The molecule has 0 radical (unpaired) electrons. The summed E-state index contributed by atoms with van der Waals surface area (Å²) < 4.78 is 6.21. The number of halogens is 1. The molecule has 2 heterocycles. The van der Waals surface area contributed by atoms with Gasteiger partial charge in [-0.15, -0.1) is 0 Å². The van der Waals surface area contributed by atoms with E-state index in [1.165, 1.54) is 0 Å². The standard InChI is InChI=1S/C12H18BrN3O2/c13-10-1-2-12(14-7-10)15-8-11(17)9-16-3-5-18-6-4-16/h1-2,7,11,17H,3-6,8-9H2,(H,14,15). The highest BCUT2D eigenvalue weighted by molar-refractivity contribution is 9.10. The van der Waals surface area contributed by atoms with Crippen LogP contribution in [-0.4, -0.2) is 60.5 Å². The number of rotatable bonds is 5. The van der Waals surface area contributed by atoms with Gasteiger partial charge < -0.3 is 15.2 Å². The average Bonchev–Trinajstić information content (AvgIpc) is 2.39. The summed E-state index contributed by atoms with van der Waals surface area (Å²) in [6, 6.07) is 3.80. The van der Waals surface area contributed by atoms with Gasteiger partial charge in [-0.2, -0.15) is 0 Å². The zero-order valence-corrected chi connectivity index (χ0v) is 11.8. The summed E-state index contributed by atoms with van der Waals surface area (Å²) in [7, 11) is 0. The predicted octanol–water partition coefficient (Wildman–Crippen LogP) is 0.949. The van der Waals surface area contributed by atoms with E-state index in [0.717, 1.165) is 36.6 Å². The second-order valence-corrected chi connectivity index (χ2v) is 5.23. The van der Waals surface area contributed by atoms with Crippen LogP contribution < -0.4 is 5.32 Å². The third kappa shape index (κ3) is 4.53. The summed E-state index contributed by atoms with van der Waals surface area (Å²) in [5.74, 6) is 0.777. The van der Waals surface area contributed by atoms with Gasteiger partial charge in [-0.1, -0.05) is 0 Å². The lowest BCUT2D eigenvalue weighted by atomic mass is 10.3. The summed E-state index contributed by atoms with van der Waals surface area (Å²) >= 11 is 3.33. The SMILES string of the molecule is OC(CNc1ccc(Br)cn1)CN1CCOCC1. The molecule has 0 bridgehead atoms. The van der Waals surface area contributed by atoms with E-state index in [-0.39, 0.29) is 0 Å². The van der Waals surface area contributed by atoms with Crippen molar-refractivity contribution in [3.8, 4) is 0 Å². The minimum atomic E-state index is -0.395. The number of β-amino-alcohol motifs (C(OH)–C–C–N with tert-alkyl or cyclic N) is 1. The first kappa shape index (κ1) is 13.7. The van der Waals surface area contributed by atoms with Gasteiger partial charge >= 0.3 is 0 Å². The normalized spacial score (nSPS) is 18.6. The zero-order chi connectivity index (χ0) is 12.8. The van der Waals surface area contributed by atoms with Crippen LogP contribution in [0.1, 0.15) is 0 Å². The number of aromatic nitrogens is 1. The summed E-state index contributed by atoms with van der Waals surface area (Å²) in [6.45, 7) is 4.49. The molecule has 5 nitrogen and oxygen atoms in total. The van der Waals surface area contributed by atoms with Crippen molar-refractivity contribution >= 4 is 21.7 Å². The monoisotopic (exact) mass is 315 g/mol. The fraction of sp³-hybridized carbons (Fsp3) is 0.583. The van der Waals surface area contributed by atoms with Gasteiger partial charge in [-0.3, -0.25) is 4.90 Å². The molecule has 0 spiro atoms. The van der Waals surface area contributed by atoms with Crippen LogP contribution in [0.4, 0.5) is 5.82 Å². The smallest absolute Gasteiger partial charge is 0.126 e. The van der Waals surface area contributed by atoms with Crippen molar-refractivity contribution in [3.05, 3.63) is 22.8 Å². The molecule has 2 rings (SSSR count). The maximum atomic E-state index is 9.94. The van der Waals surface area contributed by atoms with Crippen molar-refractivity contribution in [2.24, 2.45) is 0 Å². The van der Waals surface area contributed by atoms with Gasteiger partial charge in [0.2, 0.25) is 0 Å². The molecular weight excluding hydrogens is 298 g/mol. The Kier molecular flexibility index (Phi) is 5.37. The predicted molar refractivity (Wildman–Crippen MR) is 73.7 cm³/mol. The Labute approximate surface area is 115 Å². The Bertz CT molecular complexity index is 355. The van der Waals surface area contributed by atoms with Gasteiger partial charge in [-0.25, -0.2) is 4.98 Å². The quantitative estimate of drug-likeness (QED) is 0.847. The Morgan fingerprint density at radius 3 is 2.89 bits per heavy atom. The fourth-order valence-electron chi connectivity index (χ4n) is 1.85. The molecule has 1 saturated heterocycles. The highest BCUT2D eigenvalue weighted by Gasteiger charge is 2.14. The summed E-state index contributed by atoms with van der Waals surface area (Å²) in [4.78, 5) is 6.41. The number of aliphatic hydroxyl groups excluding tert-OH is 1. The van der Waals surface area contributed by atoms with Gasteiger partial charge in [0, 0.05) is 36.8 Å². The third-order valence-electron chi connectivity index (χ3n) is 2.82. The van der Waals surface area contributed by atoms with Crippen LogP contribution in [0.3, 0.4) is 0 Å². The number of nitrogens with one attached hydrogen (secondary N) is 1. The van der Waals surface area contributed by atoms with E-state index in [9.17, 15) is 5.11 Å². The Balaban J connectivity index is 1.70. The van der Waals surface area contributed by atoms with Crippen LogP contribution in [0.5, 0.6) is 0 Å². The maximum absolute atomic E-state index is 9.94. The summed E-state index contributed by atoms with van der Waals surface area (Å²) in [6.07, 6.45) is 1.34. The summed E-state index contributed by atoms with van der Waals surface area (Å²) in [5, 5.41) is 13.1. The molecule has 1 aromatic heterocycles. The van der Waals surface area contributed by atoms with Crippen molar-refractivity contribution in [2.75, 3.05) is 44.7 Å². The molecule has 1 fully saturated rings. The molecule has 0 saturated carbocycles. The lowest BCUT2D eigenvalue weighted by Gasteiger charge is -2.28. The van der Waals surface area contributed by atoms with E-state index < -0.39 is 6.10 Å². The topological polar surface area (TPSA) is 57.6 Å². The molecule has 100 valence electrons. The van der Waals surface area contributed by atoms with Crippen LogP contribution >= 0.6 is 15.9 Å². The minimum absolute atomic E-state index is 0.395. The molecule has 0 aromatic carbocycles. The van der Waals surface area contributed by atoms with Crippen LogP contribution in [0.15, 0.2) is 22.8 Å². The van der Waals surface area contributed by atoms with E-state index in [1.54, 1.807) is 6.20 Å².